The topological polar surface area (TPSA) is 81.2 Å². The van der Waals surface area contributed by atoms with Crippen LogP contribution >= 0.6 is 0 Å². The van der Waals surface area contributed by atoms with Crippen molar-refractivity contribution < 1.29 is 13.2 Å². The monoisotopic (exact) mass is 271 g/mol. The number of hydrogen-bond donors (Lipinski definition) is 1. The maximum Gasteiger partial charge on any atom is 0.240 e. The van der Waals surface area contributed by atoms with Crippen molar-refractivity contribution in [3.8, 4) is 5.88 Å². The molecular weight excluding hydrogens is 254 g/mol. The summed E-state index contributed by atoms with van der Waals surface area (Å²) in [5, 5.41) is 0. The number of aromatic nitrogens is 2. The molecular formula is C11H17N3O3S. The van der Waals surface area contributed by atoms with Crippen LogP contribution in [0.25, 0.3) is 0 Å². The fraction of sp³-hybridized carbons (Fsp3) is 0.636. The van der Waals surface area contributed by atoms with E-state index in [1.54, 1.807) is 6.07 Å². The first-order valence-electron chi connectivity index (χ1n) is 5.95. The Morgan fingerprint density at radius 2 is 2.17 bits per heavy atom. The highest BCUT2D eigenvalue weighted by molar-refractivity contribution is 7.92. The van der Waals surface area contributed by atoms with Crippen molar-refractivity contribution in [3.63, 3.8) is 0 Å². The fourth-order valence-corrected chi connectivity index (χ4v) is 2.99. The fourth-order valence-electron chi connectivity index (χ4n) is 1.58. The number of anilines is 1. The van der Waals surface area contributed by atoms with E-state index in [1.165, 1.54) is 7.11 Å². The molecule has 100 valence electrons. The van der Waals surface area contributed by atoms with E-state index in [1.807, 2.05) is 6.92 Å². The van der Waals surface area contributed by atoms with Crippen molar-refractivity contribution >= 4 is 16.0 Å². The van der Waals surface area contributed by atoms with Crippen LogP contribution in [0.2, 0.25) is 0 Å². The summed E-state index contributed by atoms with van der Waals surface area (Å²) in [7, 11) is -1.86. The van der Waals surface area contributed by atoms with E-state index in [0.717, 1.165) is 18.5 Å². The van der Waals surface area contributed by atoms with Crippen LogP contribution in [0.4, 0.5) is 5.95 Å². The van der Waals surface area contributed by atoms with Gasteiger partial charge in [0.05, 0.1) is 12.9 Å². The average Bonchev–Trinajstić information content (AvgIpc) is 3.10. The Bertz CT molecular complexity index is 504. The van der Waals surface area contributed by atoms with Gasteiger partial charge in [-0.25, -0.2) is 13.4 Å². The standard InChI is InChI=1S/C11H17N3O3S/c1-3-9-6-10(17-2)13-11(12-9)14-18(15,16)7-8-4-5-8/h6,8H,3-5,7H2,1-2H3,(H,12,13,14). The Morgan fingerprint density at radius 3 is 2.72 bits per heavy atom. The van der Waals surface area contributed by atoms with Gasteiger partial charge in [0.15, 0.2) is 0 Å². The molecule has 0 unspecified atom stereocenters. The number of hydrogen-bond acceptors (Lipinski definition) is 5. The van der Waals surface area contributed by atoms with Gasteiger partial charge in [-0.1, -0.05) is 6.92 Å². The largest absolute Gasteiger partial charge is 0.481 e. The molecule has 1 fully saturated rings. The third kappa shape index (κ3) is 3.56. The molecule has 18 heavy (non-hydrogen) atoms. The van der Waals surface area contributed by atoms with Crippen LogP contribution in [-0.4, -0.2) is 31.2 Å². The lowest BCUT2D eigenvalue weighted by molar-refractivity contribution is 0.397. The molecule has 0 amide bonds. The SMILES string of the molecule is CCc1cc(OC)nc(NS(=O)(=O)CC2CC2)n1. The molecule has 1 aliphatic rings. The van der Waals surface area contributed by atoms with Gasteiger partial charge in [-0.05, 0) is 25.2 Å². The lowest BCUT2D eigenvalue weighted by Gasteiger charge is -2.08. The minimum atomic E-state index is -3.35. The van der Waals surface area contributed by atoms with Gasteiger partial charge in [0, 0.05) is 11.8 Å². The van der Waals surface area contributed by atoms with Gasteiger partial charge in [-0.15, -0.1) is 0 Å². The summed E-state index contributed by atoms with van der Waals surface area (Å²) in [5.74, 6) is 0.895. The number of nitrogens with zero attached hydrogens (tertiary/aromatic N) is 2. The third-order valence-corrected chi connectivity index (χ3v) is 4.13. The second-order valence-corrected chi connectivity index (χ2v) is 6.17. The number of methoxy groups -OCH3 is 1. The second-order valence-electron chi connectivity index (χ2n) is 4.41. The normalized spacial score (nSPS) is 15.4. The molecule has 0 atom stereocenters. The highest BCUT2D eigenvalue weighted by Gasteiger charge is 2.28. The predicted octanol–water partition coefficient (Wildman–Crippen LogP) is 1.20. The first-order chi connectivity index (χ1) is 8.52. The minimum absolute atomic E-state index is 0.0897. The molecule has 6 nitrogen and oxygen atoms in total. The van der Waals surface area contributed by atoms with Crippen LogP contribution in [0.5, 0.6) is 5.88 Å². The maximum atomic E-state index is 11.8. The van der Waals surface area contributed by atoms with Gasteiger partial charge in [-0.2, -0.15) is 4.98 Å². The summed E-state index contributed by atoms with van der Waals surface area (Å²) >= 11 is 0. The molecule has 2 rings (SSSR count). The number of nitrogens with one attached hydrogen (secondary N) is 1. The zero-order valence-corrected chi connectivity index (χ0v) is 11.3. The Hall–Kier alpha value is -1.37. The zero-order chi connectivity index (χ0) is 13.2. The van der Waals surface area contributed by atoms with Crippen LogP contribution in [0.3, 0.4) is 0 Å². The van der Waals surface area contributed by atoms with Crippen molar-refractivity contribution in [2.24, 2.45) is 5.92 Å². The third-order valence-electron chi connectivity index (χ3n) is 2.73. The smallest absolute Gasteiger partial charge is 0.240 e. The zero-order valence-electron chi connectivity index (χ0n) is 10.5. The molecule has 1 saturated carbocycles. The molecule has 0 bridgehead atoms. The number of sulfonamides is 1. The summed E-state index contributed by atoms with van der Waals surface area (Å²) in [4.78, 5) is 8.12. The summed E-state index contributed by atoms with van der Waals surface area (Å²) in [6.45, 7) is 1.93. The molecule has 0 aromatic carbocycles. The van der Waals surface area contributed by atoms with E-state index in [0.29, 0.717) is 18.2 Å². The van der Waals surface area contributed by atoms with Crippen LogP contribution in [0.15, 0.2) is 6.07 Å². The summed E-state index contributed by atoms with van der Waals surface area (Å²) in [5.41, 5.74) is 0.742. The van der Waals surface area contributed by atoms with Crippen LogP contribution < -0.4 is 9.46 Å². The minimum Gasteiger partial charge on any atom is -0.481 e. The van der Waals surface area contributed by atoms with Gasteiger partial charge in [-0.3, -0.25) is 4.72 Å². The van der Waals surface area contributed by atoms with E-state index < -0.39 is 10.0 Å². The molecule has 0 spiro atoms. The molecule has 1 N–H and O–H groups in total. The predicted molar refractivity (Wildman–Crippen MR) is 68.1 cm³/mol. The molecule has 1 aromatic rings. The molecule has 0 saturated heterocycles. The number of rotatable bonds is 6. The van der Waals surface area contributed by atoms with Crippen LogP contribution in [-0.2, 0) is 16.4 Å². The summed E-state index contributed by atoms with van der Waals surface area (Å²) in [6, 6.07) is 1.69. The Kier molecular flexibility index (Phi) is 3.70. The van der Waals surface area contributed by atoms with Gasteiger partial charge >= 0.3 is 0 Å². The molecule has 1 aromatic heterocycles. The Labute approximate surface area is 107 Å². The van der Waals surface area contributed by atoms with Crippen LogP contribution in [0.1, 0.15) is 25.5 Å². The number of ether oxygens (including phenoxy) is 1. The Balaban J connectivity index is 2.16. The van der Waals surface area contributed by atoms with Gasteiger partial charge in [0.2, 0.25) is 21.9 Å². The van der Waals surface area contributed by atoms with E-state index in [4.69, 9.17) is 4.74 Å². The Morgan fingerprint density at radius 1 is 1.44 bits per heavy atom. The maximum absolute atomic E-state index is 11.8. The van der Waals surface area contributed by atoms with Gasteiger partial charge in [0.1, 0.15) is 0 Å². The second kappa shape index (κ2) is 5.09. The van der Waals surface area contributed by atoms with Crippen molar-refractivity contribution in [3.05, 3.63) is 11.8 Å². The van der Waals surface area contributed by atoms with Crippen molar-refractivity contribution in [1.82, 2.24) is 9.97 Å². The molecule has 0 aliphatic heterocycles. The first kappa shape index (κ1) is 13.1. The van der Waals surface area contributed by atoms with E-state index in [-0.39, 0.29) is 11.7 Å². The molecule has 0 radical (unpaired) electrons. The van der Waals surface area contributed by atoms with Gasteiger partial charge in [0.25, 0.3) is 0 Å². The molecule has 1 heterocycles. The van der Waals surface area contributed by atoms with Crippen molar-refractivity contribution in [2.45, 2.75) is 26.2 Å². The first-order valence-corrected chi connectivity index (χ1v) is 7.60. The molecule has 7 heteroatoms. The summed E-state index contributed by atoms with van der Waals surface area (Å²) in [6.07, 6.45) is 2.66. The molecule has 1 aliphatic carbocycles. The highest BCUT2D eigenvalue weighted by atomic mass is 32.2. The highest BCUT2D eigenvalue weighted by Crippen LogP contribution is 2.30. The lowest BCUT2D eigenvalue weighted by atomic mass is 10.3. The van der Waals surface area contributed by atoms with Crippen molar-refractivity contribution in [2.75, 3.05) is 17.6 Å². The van der Waals surface area contributed by atoms with Gasteiger partial charge < -0.3 is 4.74 Å². The summed E-state index contributed by atoms with van der Waals surface area (Å²) < 4.78 is 31.1. The lowest BCUT2D eigenvalue weighted by Crippen LogP contribution is -2.20. The van der Waals surface area contributed by atoms with E-state index >= 15 is 0 Å². The van der Waals surface area contributed by atoms with E-state index in [9.17, 15) is 8.42 Å². The van der Waals surface area contributed by atoms with E-state index in [2.05, 4.69) is 14.7 Å². The number of aryl methyl sites for hydroxylation is 1. The van der Waals surface area contributed by atoms with Crippen LogP contribution in [0, 0.1) is 5.92 Å². The average molecular weight is 271 g/mol. The quantitative estimate of drug-likeness (QED) is 0.840. The van der Waals surface area contributed by atoms with Crippen molar-refractivity contribution in [1.29, 1.82) is 0 Å².